The molecule has 1 saturated heterocycles. The van der Waals surface area contributed by atoms with Gasteiger partial charge in [0.2, 0.25) is 0 Å². The van der Waals surface area contributed by atoms with Crippen LogP contribution in [0.3, 0.4) is 0 Å². The summed E-state index contributed by atoms with van der Waals surface area (Å²) < 4.78 is 10.4. The molecule has 1 unspecified atom stereocenters. The zero-order chi connectivity index (χ0) is 13.2. The average Bonchev–Trinajstić information content (AvgIpc) is 2.18. The average molecular weight is 247 g/mol. The topological polar surface area (TPSA) is 88.0 Å². The van der Waals surface area contributed by atoms with Gasteiger partial charge in [-0.15, -0.1) is 0 Å². The summed E-state index contributed by atoms with van der Waals surface area (Å²) in [5.41, 5.74) is -0.684. The molecule has 17 heavy (non-hydrogen) atoms. The molecule has 0 spiro atoms. The van der Waals surface area contributed by atoms with Crippen LogP contribution in [0.2, 0.25) is 0 Å². The summed E-state index contributed by atoms with van der Waals surface area (Å²) in [5, 5.41) is 22.1. The smallest absolute Gasteiger partial charge is 0.338 e. The van der Waals surface area contributed by atoms with Crippen LogP contribution in [0.25, 0.3) is 0 Å². The Morgan fingerprint density at radius 2 is 2.12 bits per heavy atom. The maximum atomic E-state index is 11.6. The van der Waals surface area contributed by atoms with Crippen molar-refractivity contribution in [1.82, 2.24) is 5.32 Å². The number of carbonyl (C=O) groups is 1. The summed E-state index contributed by atoms with van der Waals surface area (Å²) in [4.78, 5) is 11.6. The predicted octanol–water partition coefficient (Wildman–Crippen LogP) is -0.616. The van der Waals surface area contributed by atoms with Gasteiger partial charge in [0.15, 0.2) is 6.10 Å². The molecule has 0 aromatic heterocycles. The quantitative estimate of drug-likeness (QED) is 0.564. The Balaban J connectivity index is 2.61. The Kier molecular flexibility index (Phi) is 4.48. The largest absolute Gasteiger partial charge is 0.458 e. The van der Waals surface area contributed by atoms with E-state index in [0.29, 0.717) is 6.54 Å². The zero-order valence-electron chi connectivity index (χ0n) is 10.6. The molecule has 6 nitrogen and oxygen atoms in total. The van der Waals surface area contributed by atoms with Crippen LogP contribution >= 0.6 is 0 Å². The highest BCUT2D eigenvalue weighted by Gasteiger charge is 2.39. The Bertz CT molecular complexity index is 276. The minimum absolute atomic E-state index is 0.180. The first kappa shape index (κ1) is 14.4. The second-order valence-electron chi connectivity index (χ2n) is 5.24. The second-order valence-corrected chi connectivity index (χ2v) is 5.24. The zero-order valence-corrected chi connectivity index (χ0v) is 10.6. The standard InChI is InChI=1S/C11H21NO5/c1-6-5-12-9(14)8(16-6)7(13)10(15)17-11(2,3)4/h6-9,12-14H,5H2,1-4H3/t6-,7+,8+,9?/m0/s1. The third-order valence-electron chi connectivity index (χ3n) is 2.27. The lowest BCUT2D eigenvalue weighted by molar-refractivity contribution is -0.194. The van der Waals surface area contributed by atoms with Gasteiger partial charge in [0, 0.05) is 6.54 Å². The SMILES string of the molecule is C[C@H]1CNC(O)[C@@H]([C@@H](O)C(=O)OC(C)(C)C)O1. The van der Waals surface area contributed by atoms with Gasteiger partial charge in [0.05, 0.1) is 6.10 Å². The summed E-state index contributed by atoms with van der Waals surface area (Å²) in [6.07, 6.45) is -3.76. The van der Waals surface area contributed by atoms with Crippen LogP contribution in [-0.2, 0) is 14.3 Å². The van der Waals surface area contributed by atoms with Crippen LogP contribution in [-0.4, -0.2) is 52.9 Å². The van der Waals surface area contributed by atoms with Crippen LogP contribution in [0.5, 0.6) is 0 Å². The number of hydrogen-bond acceptors (Lipinski definition) is 6. The maximum absolute atomic E-state index is 11.6. The number of carbonyl (C=O) groups excluding carboxylic acids is 1. The van der Waals surface area contributed by atoms with E-state index < -0.39 is 30.0 Å². The summed E-state index contributed by atoms with van der Waals surface area (Å²) in [5.74, 6) is -0.794. The molecule has 1 heterocycles. The van der Waals surface area contributed by atoms with Crippen molar-refractivity contribution in [3.05, 3.63) is 0 Å². The minimum Gasteiger partial charge on any atom is -0.458 e. The number of morpholine rings is 1. The van der Waals surface area contributed by atoms with E-state index >= 15 is 0 Å². The van der Waals surface area contributed by atoms with E-state index in [1.807, 2.05) is 0 Å². The third kappa shape index (κ3) is 4.23. The maximum Gasteiger partial charge on any atom is 0.338 e. The highest BCUT2D eigenvalue weighted by molar-refractivity contribution is 5.75. The Morgan fingerprint density at radius 3 is 2.65 bits per heavy atom. The number of esters is 1. The van der Waals surface area contributed by atoms with Crippen molar-refractivity contribution in [3.8, 4) is 0 Å². The van der Waals surface area contributed by atoms with Gasteiger partial charge in [-0.2, -0.15) is 0 Å². The molecule has 0 saturated carbocycles. The third-order valence-corrected chi connectivity index (χ3v) is 2.27. The molecule has 0 bridgehead atoms. The second kappa shape index (κ2) is 5.30. The molecular weight excluding hydrogens is 226 g/mol. The number of ether oxygens (including phenoxy) is 2. The van der Waals surface area contributed by atoms with E-state index in [2.05, 4.69) is 5.32 Å². The normalized spacial score (nSPS) is 32.0. The number of aliphatic hydroxyl groups excluding tert-OH is 2. The highest BCUT2D eigenvalue weighted by Crippen LogP contribution is 2.16. The van der Waals surface area contributed by atoms with Gasteiger partial charge in [-0.05, 0) is 27.7 Å². The van der Waals surface area contributed by atoms with Crippen molar-refractivity contribution in [1.29, 1.82) is 0 Å². The van der Waals surface area contributed by atoms with Crippen molar-refractivity contribution in [2.24, 2.45) is 0 Å². The first-order chi connectivity index (χ1) is 7.70. The predicted molar refractivity (Wildman–Crippen MR) is 60.2 cm³/mol. The molecular formula is C11H21NO5. The van der Waals surface area contributed by atoms with E-state index in [9.17, 15) is 15.0 Å². The monoisotopic (exact) mass is 247 g/mol. The summed E-state index contributed by atoms with van der Waals surface area (Å²) in [7, 11) is 0. The van der Waals surface area contributed by atoms with E-state index in [-0.39, 0.29) is 6.10 Å². The summed E-state index contributed by atoms with van der Waals surface area (Å²) in [6.45, 7) is 7.37. The fraction of sp³-hybridized carbons (Fsp3) is 0.909. The van der Waals surface area contributed by atoms with Crippen molar-refractivity contribution in [2.45, 2.75) is 57.8 Å². The molecule has 0 radical (unpaired) electrons. The van der Waals surface area contributed by atoms with E-state index in [0.717, 1.165) is 0 Å². The van der Waals surface area contributed by atoms with Crippen molar-refractivity contribution in [3.63, 3.8) is 0 Å². The minimum atomic E-state index is -1.50. The van der Waals surface area contributed by atoms with Crippen LogP contribution < -0.4 is 5.32 Å². The molecule has 1 fully saturated rings. The fourth-order valence-corrected chi connectivity index (χ4v) is 1.54. The van der Waals surface area contributed by atoms with Gasteiger partial charge in [-0.25, -0.2) is 4.79 Å². The van der Waals surface area contributed by atoms with Gasteiger partial charge < -0.3 is 19.7 Å². The van der Waals surface area contributed by atoms with Crippen molar-refractivity contribution < 1.29 is 24.5 Å². The lowest BCUT2D eigenvalue weighted by atomic mass is 10.1. The number of rotatable bonds is 2. The Hall–Kier alpha value is -0.690. The van der Waals surface area contributed by atoms with E-state index in [1.165, 1.54) is 0 Å². The Labute approximate surface area is 101 Å². The highest BCUT2D eigenvalue weighted by atomic mass is 16.6. The molecule has 6 heteroatoms. The van der Waals surface area contributed by atoms with Gasteiger partial charge in [-0.1, -0.05) is 0 Å². The molecule has 4 atom stereocenters. The van der Waals surface area contributed by atoms with Crippen LogP contribution in [0.4, 0.5) is 0 Å². The van der Waals surface area contributed by atoms with Crippen LogP contribution in [0.15, 0.2) is 0 Å². The van der Waals surface area contributed by atoms with Crippen LogP contribution in [0, 0.1) is 0 Å². The molecule has 100 valence electrons. The van der Waals surface area contributed by atoms with E-state index in [4.69, 9.17) is 9.47 Å². The molecule has 1 aliphatic rings. The molecule has 1 aliphatic heterocycles. The van der Waals surface area contributed by atoms with Gasteiger partial charge in [0.25, 0.3) is 0 Å². The van der Waals surface area contributed by atoms with Gasteiger partial charge in [0.1, 0.15) is 17.9 Å². The lowest BCUT2D eigenvalue weighted by Crippen LogP contribution is -2.58. The lowest BCUT2D eigenvalue weighted by Gasteiger charge is -2.35. The molecule has 0 aliphatic carbocycles. The van der Waals surface area contributed by atoms with Crippen molar-refractivity contribution >= 4 is 5.97 Å². The van der Waals surface area contributed by atoms with Crippen LogP contribution in [0.1, 0.15) is 27.7 Å². The summed E-state index contributed by atoms with van der Waals surface area (Å²) in [6, 6.07) is 0. The molecule has 1 rings (SSSR count). The number of nitrogens with one attached hydrogen (secondary N) is 1. The number of aliphatic hydroxyl groups is 2. The fourth-order valence-electron chi connectivity index (χ4n) is 1.54. The molecule has 3 N–H and O–H groups in total. The first-order valence-electron chi connectivity index (χ1n) is 5.68. The molecule has 0 aromatic rings. The van der Waals surface area contributed by atoms with Gasteiger partial charge in [-0.3, -0.25) is 5.32 Å². The number of hydrogen-bond donors (Lipinski definition) is 3. The molecule has 0 amide bonds. The summed E-state index contributed by atoms with van der Waals surface area (Å²) >= 11 is 0. The van der Waals surface area contributed by atoms with E-state index in [1.54, 1.807) is 27.7 Å². The van der Waals surface area contributed by atoms with Crippen molar-refractivity contribution in [2.75, 3.05) is 6.54 Å². The first-order valence-corrected chi connectivity index (χ1v) is 5.68. The Morgan fingerprint density at radius 1 is 1.53 bits per heavy atom. The molecule has 0 aromatic carbocycles. The van der Waals surface area contributed by atoms with Gasteiger partial charge >= 0.3 is 5.97 Å².